The van der Waals surface area contributed by atoms with Crippen molar-refractivity contribution in [1.82, 2.24) is 10.6 Å². The van der Waals surface area contributed by atoms with Crippen molar-refractivity contribution in [3.8, 4) is 5.75 Å². The van der Waals surface area contributed by atoms with Crippen LogP contribution in [0.15, 0.2) is 29.5 Å². The summed E-state index contributed by atoms with van der Waals surface area (Å²) in [6, 6.07) is 3.10. The third-order valence-corrected chi connectivity index (χ3v) is 4.09. The minimum Gasteiger partial charge on any atom is -0.494 e. The quantitative estimate of drug-likeness (QED) is 0.652. The number of carbonyl (C=O) groups excluding carboxylic acids is 3. The molecule has 1 aliphatic heterocycles. The molecule has 1 aromatic rings. The van der Waals surface area contributed by atoms with Gasteiger partial charge in [-0.05, 0) is 31.0 Å². The number of carbonyl (C=O) groups is 3. The zero-order valence-corrected chi connectivity index (χ0v) is 16.0. The van der Waals surface area contributed by atoms with Crippen molar-refractivity contribution in [1.29, 1.82) is 0 Å². The second kappa shape index (κ2) is 9.72. The first-order valence-electron chi connectivity index (χ1n) is 8.85. The van der Waals surface area contributed by atoms with Crippen molar-refractivity contribution in [2.24, 2.45) is 0 Å². The van der Waals surface area contributed by atoms with E-state index in [-0.39, 0.29) is 36.7 Å². The number of amides is 2. The zero-order valence-electron chi connectivity index (χ0n) is 16.0. The molecule has 0 spiro atoms. The average molecular weight is 394 g/mol. The van der Waals surface area contributed by atoms with E-state index >= 15 is 0 Å². The molecule has 0 fully saturated rings. The maximum absolute atomic E-state index is 13.7. The summed E-state index contributed by atoms with van der Waals surface area (Å²) in [6.45, 7) is 3.33. The van der Waals surface area contributed by atoms with Gasteiger partial charge in [0.2, 0.25) is 0 Å². The van der Waals surface area contributed by atoms with E-state index in [1.165, 1.54) is 19.2 Å². The molecule has 0 radical (unpaired) electrons. The summed E-state index contributed by atoms with van der Waals surface area (Å²) >= 11 is 0. The molecule has 0 aliphatic carbocycles. The van der Waals surface area contributed by atoms with Crippen LogP contribution in [0.1, 0.15) is 25.8 Å². The summed E-state index contributed by atoms with van der Waals surface area (Å²) in [5, 5.41) is 5.12. The second-order valence-electron chi connectivity index (χ2n) is 5.98. The van der Waals surface area contributed by atoms with Gasteiger partial charge in [0, 0.05) is 0 Å². The van der Waals surface area contributed by atoms with Gasteiger partial charge in [0.1, 0.15) is 6.61 Å². The molecular formula is C19H23FN2O6. The van der Waals surface area contributed by atoms with E-state index in [1.807, 2.05) is 0 Å². The van der Waals surface area contributed by atoms with Gasteiger partial charge < -0.3 is 24.8 Å². The van der Waals surface area contributed by atoms with Gasteiger partial charge >= 0.3 is 18.0 Å². The predicted octanol–water partition coefficient (Wildman–Crippen LogP) is 1.83. The Labute approximate surface area is 162 Å². The summed E-state index contributed by atoms with van der Waals surface area (Å²) < 4.78 is 28.8. The number of hydrogen-bond acceptors (Lipinski definition) is 6. The number of ether oxygens (including phenoxy) is 3. The summed E-state index contributed by atoms with van der Waals surface area (Å²) in [4.78, 5) is 36.2. The predicted molar refractivity (Wildman–Crippen MR) is 97.0 cm³/mol. The van der Waals surface area contributed by atoms with Crippen LogP contribution < -0.4 is 15.4 Å². The fourth-order valence-electron chi connectivity index (χ4n) is 2.77. The molecule has 8 nitrogen and oxygen atoms in total. The number of nitrogens with one attached hydrogen (secondary N) is 2. The van der Waals surface area contributed by atoms with E-state index in [1.54, 1.807) is 19.9 Å². The van der Waals surface area contributed by atoms with Crippen molar-refractivity contribution < 1.29 is 33.0 Å². The summed E-state index contributed by atoms with van der Waals surface area (Å²) in [5.41, 5.74) is 0.791. The van der Waals surface area contributed by atoms with Gasteiger partial charge in [-0.15, -0.1) is 0 Å². The molecule has 2 rings (SSSR count). The SMILES string of the molecule is CCOC(=O)C1=C(COC(=O)Cc2ccc(OC)c(F)c2)NC(=O)N[C@H]1CC. The number of rotatable bonds is 8. The molecule has 0 aromatic heterocycles. The number of urea groups is 1. The van der Waals surface area contributed by atoms with Crippen molar-refractivity contribution in [2.45, 2.75) is 32.7 Å². The third-order valence-electron chi connectivity index (χ3n) is 4.09. The first-order chi connectivity index (χ1) is 13.4. The molecule has 28 heavy (non-hydrogen) atoms. The second-order valence-corrected chi connectivity index (χ2v) is 5.98. The molecule has 0 saturated carbocycles. The van der Waals surface area contributed by atoms with Crippen molar-refractivity contribution >= 4 is 18.0 Å². The molecular weight excluding hydrogens is 371 g/mol. The Bertz CT molecular complexity index is 793. The highest BCUT2D eigenvalue weighted by molar-refractivity contribution is 5.94. The summed E-state index contributed by atoms with van der Waals surface area (Å²) in [5.74, 6) is -1.74. The van der Waals surface area contributed by atoms with Crippen molar-refractivity contribution in [2.75, 3.05) is 20.3 Å². The van der Waals surface area contributed by atoms with Crippen molar-refractivity contribution in [3.63, 3.8) is 0 Å². The van der Waals surface area contributed by atoms with Crippen LogP contribution in [0.25, 0.3) is 0 Å². The van der Waals surface area contributed by atoms with Crippen molar-refractivity contribution in [3.05, 3.63) is 40.8 Å². The fourth-order valence-corrected chi connectivity index (χ4v) is 2.77. The summed E-state index contributed by atoms with van der Waals surface area (Å²) in [6.07, 6.45) is 0.288. The molecule has 1 heterocycles. The molecule has 1 atom stereocenters. The lowest BCUT2D eigenvalue weighted by molar-refractivity contribution is -0.143. The molecule has 0 unspecified atom stereocenters. The fraction of sp³-hybridized carbons (Fsp3) is 0.421. The molecule has 0 saturated heterocycles. The highest BCUT2D eigenvalue weighted by Crippen LogP contribution is 2.19. The molecule has 1 aromatic carbocycles. The van der Waals surface area contributed by atoms with Crippen LogP contribution in [-0.4, -0.2) is 44.3 Å². The summed E-state index contributed by atoms with van der Waals surface area (Å²) in [7, 11) is 1.35. The maximum atomic E-state index is 13.7. The van der Waals surface area contributed by atoms with Crippen LogP contribution in [0, 0.1) is 5.82 Å². The van der Waals surface area contributed by atoms with Gasteiger partial charge in [-0.3, -0.25) is 4.79 Å². The van der Waals surface area contributed by atoms with Gasteiger partial charge in [-0.25, -0.2) is 14.0 Å². The molecule has 1 aliphatic rings. The normalized spacial score (nSPS) is 16.1. The van der Waals surface area contributed by atoms with E-state index < -0.39 is 29.8 Å². The highest BCUT2D eigenvalue weighted by atomic mass is 19.1. The third kappa shape index (κ3) is 5.21. The number of esters is 2. The monoisotopic (exact) mass is 394 g/mol. The first kappa shape index (κ1) is 21.2. The van der Waals surface area contributed by atoms with Crippen LogP contribution in [0.5, 0.6) is 5.75 Å². The minimum atomic E-state index is -0.638. The lowest BCUT2D eigenvalue weighted by Gasteiger charge is -2.28. The Balaban J connectivity index is 2.10. The van der Waals surface area contributed by atoms with Gasteiger partial charge in [0.05, 0.1) is 37.4 Å². The number of methoxy groups -OCH3 is 1. The van der Waals surface area contributed by atoms with Crippen LogP contribution in [0.3, 0.4) is 0 Å². The Morgan fingerprint density at radius 1 is 1.21 bits per heavy atom. The van der Waals surface area contributed by atoms with Crippen LogP contribution in [0.4, 0.5) is 9.18 Å². The zero-order chi connectivity index (χ0) is 20.7. The molecule has 2 N–H and O–H groups in total. The smallest absolute Gasteiger partial charge is 0.338 e. The van der Waals surface area contributed by atoms with E-state index in [0.29, 0.717) is 12.0 Å². The first-order valence-corrected chi connectivity index (χ1v) is 8.85. The Morgan fingerprint density at radius 2 is 1.96 bits per heavy atom. The van der Waals surface area contributed by atoms with Crippen LogP contribution in [0.2, 0.25) is 0 Å². The largest absolute Gasteiger partial charge is 0.494 e. The number of hydrogen-bond donors (Lipinski definition) is 2. The Kier molecular flexibility index (Phi) is 7.36. The van der Waals surface area contributed by atoms with E-state index in [4.69, 9.17) is 14.2 Å². The lowest BCUT2D eigenvalue weighted by Crippen LogP contribution is -2.51. The van der Waals surface area contributed by atoms with Gasteiger partial charge in [0.15, 0.2) is 11.6 Å². The molecule has 2 amide bonds. The lowest BCUT2D eigenvalue weighted by atomic mass is 10.0. The van der Waals surface area contributed by atoms with E-state index in [9.17, 15) is 18.8 Å². The van der Waals surface area contributed by atoms with Crippen LogP contribution in [-0.2, 0) is 25.5 Å². The van der Waals surface area contributed by atoms with E-state index in [2.05, 4.69) is 10.6 Å². The highest BCUT2D eigenvalue weighted by Gasteiger charge is 2.32. The van der Waals surface area contributed by atoms with Gasteiger partial charge in [-0.2, -0.15) is 0 Å². The number of benzene rings is 1. The van der Waals surface area contributed by atoms with Gasteiger partial charge in [-0.1, -0.05) is 13.0 Å². The Hall–Kier alpha value is -3.10. The standard InChI is InChI=1S/C19H23FN2O6/c1-4-13-17(18(24)27-5-2)14(22-19(25)21-13)10-28-16(23)9-11-6-7-15(26-3)12(20)8-11/h6-8,13H,4-5,9-10H2,1-3H3,(H2,21,22,25)/t13-/m0/s1. The number of halogens is 1. The topological polar surface area (TPSA) is 103 Å². The molecule has 152 valence electrons. The molecule has 9 heteroatoms. The van der Waals surface area contributed by atoms with E-state index in [0.717, 1.165) is 0 Å². The van der Waals surface area contributed by atoms with Gasteiger partial charge in [0.25, 0.3) is 0 Å². The molecule has 0 bridgehead atoms. The Morgan fingerprint density at radius 3 is 2.57 bits per heavy atom. The maximum Gasteiger partial charge on any atom is 0.338 e. The van der Waals surface area contributed by atoms with Crippen LogP contribution >= 0.6 is 0 Å². The minimum absolute atomic E-state index is 0.0735. The average Bonchev–Trinajstić information content (AvgIpc) is 2.66.